The lowest BCUT2D eigenvalue weighted by Gasteiger charge is -2.15. The van der Waals surface area contributed by atoms with Crippen LogP contribution >= 0.6 is 0 Å². The lowest BCUT2D eigenvalue weighted by molar-refractivity contribution is -0.137. The normalized spacial score (nSPS) is 12.4. The number of carbonyl (C=O) groups is 1. The van der Waals surface area contributed by atoms with E-state index in [1.807, 2.05) is 0 Å². The third-order valence-electron chi connectivity index (χ3n) is 5.44. The molecular weight excluding hydrogens is 477 g/mol. The molecule has 0 saturated heterocycles. The largest absolute Gasteiger partial charge is 0.457 e. The summed E-state index contributed by atoms with van der Waals surface area (Å²) < 4.78 is 47.3. The molecule has 2 aromatic heterocycles. The molecule has 0 saturated carbocycles. The zero-order valence-corrected chi connectivity index (χ0v) is 18.9. The molecule has 0 aliphatic rings. The van der Waals surface area contributed by atoms with Gasteiger partial charge >= 0.3 is 6.18 Å². The molecule has 1 atom stereocenters. The Labute approximate surface area is 203 Å². The molecule has 0 fully saturated rings. The van der Waals surface area contributed by atoms with Crippen molar-refractivity contribution in [2.24, 2.45) is 12.8 Å². The number of benzene rings is 2. The van der Waals surface area contributed by atoms with Gasteiger partial charge in [0.1, 0.15) is 23.3 Å². The molecule has 0 spiro atoms. The van der Waals surface area contributed by atoms with E-state index in [2.05, 4.69) is 10.1 Å². The number of aryl methyl sites for hydroxylation is 1. The highest BCUT2D eigenvalue weighted by atomic mass is 19.4. The van der Waals surface area contributed by atoms with Crippen LogP contribution in [-0.4, -0.2) is 37.5 Å². The van der Waals surface area contributed by atoms with Gasteiger partial charge in [0, 0.05) is 24.4 Å². The number of hydrogen-bond donors (Lipinski definition) is 3. The van der Waals surface area contributed by atoms with Gasteiger partial charge in [0.15, 0.2) is 0 Å². The summed E-state index contributed by atoms with van der Waals surface area (Å²) in [7, 11) is 1.61. The van der Waals surface area contributed by atoms with Crippen molar-refractivity contribution in [1.29, 1.82) is 0 Å². The van der Waals surface area contributed by atoms with E-state index in [0.29, 0.717) is 22.7 Å². The van der Waals surface area contributed by atoms with Crippen molar-refractivity contribution in [2.75, 3.05) is 6.61 Å². The highest BCUT2D eigenvalue weighted by Gasteiger charge is 2.31. The number of hydrogen-bond acceptors (Lipinski definition) is 6. The molecule has 4 aromatic rings. The molecule has 11 heteroatoms. The first-order valence-electron chi connectivity index (χ1n) is 10.7. The van der Waals surface area contributed by atoms with Crippen molar-refractivity contribution >= 4 is 5.91 Å². The predicted molar refractivity (Wildman–Crippen MR) is 124 cm³/mol. The number of primary amides is 1. The summed E-state index contributed by atoms with van der Waals surface area (Å²) >= 11 is 0. The summed E-state index contributed by atoms with van der Waals surface area (Å²) in [5.41, 5.74) is 6.24. The zero-order valence-electron chi connectivity index (χ0n) is 18.9. The number of halogens is 3. The van der Waals surface area contributed by atoms with Crippen LogP contribution in [0.4, 0.5) is 13.2 Å². The molecule has 4 rings (SSSR count). The number of aliphatic hydroxyl groups is 2. The van der Waals surface area contributed by atoms with Gasteiger partial charge in [-0.1, -0.05) is 0 Å². The van der Waals surface area contributed by atoms with Gasteiger partial charge in [0.25, 0.3) is 5.91 Å². The second kappa shape index (κ2) is 9.80. The minimum absolute atomic E-state index is 0.0825. The number of aliphatic hydroxyl groups excluding tert-OH is 2. The number of nitrogens with zero attached hydrogens (tertiary/aromatic N) is 3. The average Bonchev–Trinajstić information content (AvgIpc) is 3.28. The van der Waals surface area contributed by atoms with Gasteiger partial charge in [-0.3, -0.25) is 9.48 Å². The highest BCUT2D eigenvalue weighted by Crippen LogP contribution is 2.39. The lowest BCUT2D eigenvalue weighted by Crippen LogP contribution is -2.15. The maximum Gasteiger partial charge on any atom is 0.416 e. The van der Waals surface area contributed by atoms with Crippen LogP contribution in [0.5, 0.6) is 11.5 Å². The van der Waals surface area contributed by atoms with Crippen molar-refractivity contribution in [1.82, 2.24) is 14.8 Å². The fourth-order valence-electron chi connectivity index (χ4n) is 3.58. The summed E-state index contributed by atoms with van der Waals surface area (Å²) in [6, 6.07) is 14.0. The lowest BCUT2D eigenvalue weighted by atomic mass is 10.0. The van der Waals surface area contributed by atoms with Gasteiger partial charge in [-0.25, -0.2) is 4.98 Å². The van der Waals surface area contributed by atoms with E-state index in [0.717, 1.165) is 12.1 Å². The predicted octanol–water partition coefficient (Wildman–Crippen LogP) is 4.08. The minimum Gasteiger partial charge on any atom is -0.457 e. The van der Waals surface area contributed by atoms with Gasteiger partial charge in [-0.15, -0.1) is 0 Å². The van der Waals surface area contributed by atoms with Crippen molar-refractivity contribution in [3.05, 3.63) is 83.7 Å². The summed E-state index contributed by atoms with van der Waals surface area (Å²) in [6.45, 7) is -0.555. The number of ether oxygens (including phenoxy) is 1. The number of nitrogens with two attached hydrogens (primary N) is 1. The third kappa shape index (κ3) is 5.21. The quantitative estimate of drug-likeness (QED) is 0.353. The van der Waals surface area contributed by atoms with E-state index in [9.17, 15) is 28.2 Å². The molecule has 186 valence electrons. The standard InChI is InChI=1S/C25H21F3N4O4/c1-32-21(8-9-30-32)18-12-16(25(26,27)28)4-7-23(18)36-17-5-2-14(3-6-17)19-10-15(22(34)13-33)11-20(31-19)24(29)35/h2-12,22,33-34H,13H2,1H3,(H2,29,35). The van der Waals surface area contributed by atoms with Gasteiger partial charge in [-0.2, -0.15) is 18.3 Å². The van der Waals surface area contributed by atoms with Crippen LogP contribution in [0.1, 0.15) is 27.7 Å². The Morgan fingerprint density at radius 2 is 1.83 bits per heavy atom. The van der Waals surface area contributed by atoms with Crippen LogP contribution < -0.4 is 10.5 Å². The van der Waals surface area contributed by atoms with Gasteiger partial charge < -0.3 is 20.7 Å². The summed E-state index contributed by atoms with van der Waals surface area (Å²) in [5, 5.41) is 23.3. The Balaban J connectivity index is 1.68. The van der Waals surface area contributed by atoms with Crippen LogP contribution in [0.3, 0.4) is 0 Å². The SMILES string of the molecule is Cn1nccc1-c1cc(C(F)(F)F)ccc1Oc1ccc(-c2cc(C(O)CO)cc(C(N)=O)n2)cc1. The topological polar surface area (TPSA) is 123 Å². The second-order valence-corrected chi connectivity index (χ2v) is 7.91. The van der Waals surface area contributed by atoms with Gasteiger partial charge in [0.2, 0.25) is 0 Å². The maximum atomic E-state index is 13.3. The molecule has 0 bridgehead atoms. The molecule has 1 unspecified atom stereocenters. The number of aromatic nitrogens is 3. The Morgan fingerprint density at radius 1 is 1.11 bits per heavy atom. The first kappa shape index (κ1) is 24.9. The smallest absolute Gasteiger partial charge is 0.416 e. The van der Waals surface area contributed by atoms with Crippen molar-refractivity contribution < 1.29 is 32.9 Å². The van der Waals surface area contributed by atoms with Crippen LogP contribution in [0.2, 0.25) is 0 Å². The van der Waals surface area contributed by atoms with E-state index in [1.54, 1.807) is 37.4 Å². The highest BCUT2D eigenvalue weighted by molar-refractivity contribution is 5.91. The fraction of sp³-hybridized carbons (Fsp3) is 0.160. The van der Waals surface area contributed by atoms with Gasteiger partial charge in [-0.05, 0) is 66.2 Å². The maximum absolute atomic E-state index is 13.3. The minimum atomic E-state index is -4.53. The van der Waals surface area contributed by atoms with E-state index in [4.69, 9.17) is 10.5 Å². The molecule has 0 aliphatic carbocycles. The van der Waals surface area contributed by atoms with E-state index >= 15 is 0 Å². The summed E-state index contributed by atoms with van der Waals surface area (Å²) in [4.78, 5) is 15.9. The van der Waals surface area contributed by atoms with E-state index in [1.165, 1.54) is 29.1 Å². The Hall–Kier alpha value is -4.22. The molecule has 0 radical (unpaired) electrons. The molecule has 4 N–H and O–H groups in total. The van der Waals surface area contributed by atoms with Crippen LogP contribution in [0, 0.1) is 0 Å². The number of rotatable bonds is 7. The Morgan fingerprint density at radius 3 is 2.42 bits per heavy atom. The van der Waals surface area contributed by atoms with Crippen LogP contribution in [0.25, 0.3) is 22.5 Å². The number of pyridine rings is 1. The first-order chi connectivity index (χ1) is 17.1. The van der Waals surface area contributed by atoms with Crippen molar-refractivity contribution in [3.8, 4) is 34.0 Å². The van der Waals surface area contributed by atoms with Crippen LogP contribution in [0.15, 0.2) is 66.9 Å². The molecule has 2 heterocycles. The molecule has 2 aromatic carbocycles. The zero-order chi connectivity index (χ0) is 26.0. The number of amides is 1. The average molecular weight is 498 g/mol. The number of alkyl halides is 3. The molecule has 0 aliphatic heterocycles. The first-order valence-corrected chi connectivity index (χ1v) is 10.7. The van der Waals surface area contributed by atoms with Crippen molar-refractivity contribution in [3.63, 3.8) is 0 Å². The second-order valence-electron chi connectivity index (χ2n) is 7.91. The van der Waals surface area contributed by atoms with E-state index < -0.39 is 30.4 Å². The summed E-state index contributed by atoms with van der Waals surface area (Å²) in [6.07, 6.45) is -4.27. The molecular formula is C25H21F3N4O4. The van der Waals surface area contributed by atoms with Crippen molar-refractivity contribution in [2.45, 2.75) is 12.3 Å². The molecule has 1 amide bonds. The fourth-order valence-corrected chi connectivity index (χ4v) is 3.58. The van der Waals surface area contributed by atoms with E-state index in [-0.39, 0.29) is 22.6 Å². The van der Waals surface area contributed by atoms with Gasteiger partial charge in [0.05, 0.1) is 23.6 Å². The molecule has 36 heavy (non-hydrogen) atoms. The summed E-state index contributed by atoms with van der Waals surface area (Å²) in [5.74, 6) is -0.265. The third-order valence-corrected chi connectivity index (χ3v) is 5.44. The molecule has 8 nitrogen and oxygen atoms in total. The van der Waals surface area contributed by atoms with Crippen LogP contribution in [-0.2, 0) is 13.2 Å². The Bertz CT molecular complexity index is 1400. The Kier molecular flexibility index (Phi) is 6.77. The number of carbonyl (C=O) groups excluding carboxylic acids is 1. The monoisotopic (exact) mass is 498 g/mol.